The number of rotatable bonds is 2. The Hall–Kier alpha value is -1.96. The smallest absolute Gasteiger partial charge is 0.125 e. The Kier molecular flexibility index (Phi) is 3.62. The minimum atomic E-state index is 0.395. The van der Waals surface area contributed by atoms with E-state index < -0.39 is 0 Å². The predicted octanol–water partition coefficient (Wildman–Crippen LogP) is 4.65. The molecule has 3 rings (SSSR count). The molecule has 2 heteroatoms. The molecule has 1 heterocycles. The van der Waals surface area contributed by atoms with E-state index in [-0.39, 0.29) is 0 Å². The van der Waals surface area contributed by atoms with Gasteiger partial charge in [0.05, 0.1) is 7.11 Å². The number of benzene rings is 2. The molecule has 0 aromatic heterocycles. The van der Waals surface area contributed by atoms with Crippen molar-refractivity contribution < 1.29 is 4.74 Å². The van der Waals surface area contributed by atoms with Crippen molar-refractivity contribution in [3.05, 3.63) is 58.7 Å². The highest BCUT2D eigenvalue weighted by Crippen LogP contribution is 2.43. The Balaban J connectivity index is 2.15. The SMILES string of the molecule is COc1c(C2CC(C)Nc3ccccc32)ccc(C)c1C. The first-order chi connectivity index (χ1) is 10.1. The highest BCUT2D eigenvalue weighted by Gasteiger charge is 2.28. The molecule has 2 nitrogen and oxygen atoms in total. The van der Waals surface area contributed by atoms with Crippen LogP contribution in [0.5, 0.6) is 5.75 Å². The largest absolute Gasteiger partial charge is 0.496 e. The zero-order valence-electron chi connectivity index (χ0n) is 13.2. The van der Waals surface area contributed by atoms with Gasteiger partial charge in [-0.05, 0) is 49.9 Å². The maximum atomic E-state index is 5.74. The molecule has 0 spiro atoms. The second-order valence-corrected chi connectivity index (χ2v) is 6.05. The number of hydrogen-bond donors (Lipinski definition) is 1. The molecule has 0 fully saturated rings. The van der Waals surface area contributed by atoms with Gasteiger partial charge in [-0.15, -0.1) is 0 Å². The predicted molar refractivity (Wildman–Crippen MR) is 88.5 cm³/mol. The molecule has 0 saturated heterocycles. The van der Waals surface area contributed by atoms with Crippen molar-refractivity contribution in [1.29, 1.82) is 0 Å². The Bertz CT molecular complexity index is 663. The molecule has 0 aliphatic carbocycles. The zero-order chi connectivity index (χ0) is 15.0. The summed E-state index contributed by atoms with van der Waals surface area (Å²) in [7, 11) is 1.78. The van der Waals surface area contributed by atoms with Crippen LogP contribution in [0.3, 0.4) is 0 Å². The van der Waals surface area contributed by atoms with E-state index in [9.17, 15) is 0 Å². The number of hydrogen-bond acceptors (Lipinski definition) is 2. The highest BCUT2D eigenvalue weighted by atomic mass is 16.5. The van der Waals surface area contributed by atoms with Gasteiger partial charge < -0.3 is 10.1 Å². The molecule has 2 unspecified atom stereocenters. The minimum Gasteiger partial charge on any atom is -0.496 e. The Labute approximate surface area is 127 Å². The summed E-state index contributed by atoms with van der Waals surface area (Å²) in [5.41, 5.74) is 6.46. The topological polar surface area (TPSA) is 21.3 Å². The summed E-state index contributed by atoms with van der Waals surface area (Å²) in [5.74, 6) is 1.44. The second-order valence-electron chi connectivity index (χ2n) is 6.05. The molecular formula is C19H23NO. The fraction of sp³-hybridized carbons (Fsp3) is 0.368. The lowest BCUT2D eigenvalue weighted by Crippen LogP contribution is -2.26. The molecule has 2 aromatic carbocycles. The summed E-state index contributed by atoms with van der Waals surface area (Å²) >= 11 is 0. The number of ether oxygens (including phenoxy) is 1. The van der Waals surface area contributed by atoms with E-state index >= 15 is 0 Å². The van der Waals surface area contributed by atoms with E-state index in [1.807, 2.05) is 0 Å². The highest BCUT2D eigenvalue weighted by molar-refractivity contribution is 5.60. The Morgan fingerprint density at radius 3 is 2.57 bits per heavy atom. The third-order valence-electron chi connectivity index (χ3n) is 4.61. The number of nitrogens with one attached hydrogen (secondary N) is 1. The fourth-order valence-electron chi connectivity index (χ4n) is 3.39. The van der Waals surface area contributed by atoms with Crippen LogP contribution in [0.4, 0.5) is 5.69 Å². The Morgan fingerprint density at radius 1 is 1.05 bits per heavy atom. The van der Waals surface area contributed by atoms with E-state index in [0.29, 0.717) is 12.0 Å². The summed E-state index contributed by atoms with van der Waals surface area (Å²) in [6.45, 7) is 6.53. The van der Waals surface area contributed by atoms with Crippen LogP contribution in [0.25, 0.3) is 0 Å². The van der Waals surface area contributed by atoms with Crippen LogP contribution < -0.4 is 10.1 Å². The van der Waals surface area contributed by atoms with Crippen molar-refractivity contribution in [2.75, 3.05) is 12.4 Å². The first-order valence-corrected chi connectivity index (χ1v) is 7.61. The molecule has 2 aromatic rings. The molecule has 1 N–H and O–H groups in total. The lowest BCUT2D eigenvalue weighted by Gasteiger charge is -2.33. The molecule has 0 radical (unpaired) electrons. The van der Waals surface area contributed by atoms with Crippen LogP contribution >= 0.6 is 0 Å². The van der Waals surface area contributed by atoms with E-state index in [4.69, 9.17) is 4.74 Å². The van der Waals surface area contributed by atoms with Gasteiger partial charge in [0.15, 0.2) is 0 Å². The van der Waals surface area contributed by atoms with E-state index in [1.54, 1.807) is 7.11 Å². The van der Waals surface area contributed by atoms with Crippen molar-refractivity contribution in [3.8, 4) is 5.75 Å². The quantitative estimate of drug-likeness (QED) is 0.865. The van der Waals surface area contributed by atoms with Gasteiger partial charge in [-0.25, -0.2) is 0 Å². The number of methoxy groups -OCH3 is 1. The van der Waals surface area contributed by atoms with Gasteiger partial charge in [0.2, 0.25) is 0 Å². The lowest BCUT2D eigenvalue weighted by atomic mass is 9.81. The molecule has 1 aliphatic heterocycles. The van der Waals surface area contributed by atoms with E-state index in [2.05, 4.69) is 62.5 Å². The van der Waals surface area contributed by atoms with Gasteiger partial charge in [-0.1, -0.05) is 30.3 Å². The maximum Gasteiger partial charge on any atom is 0.125 e. The molecule has 1 aliphatic rings. The van der Waals surface area contributed by atoms with Crippen LogP contribution in [0.15, 0.2) is 36.4 Å². The molecule has 0 bridgehead atoms. The standard InChI is InChI=1S/C19H23NO/c1-12-9-10-16(19(21-4)14(12)3)17-11-13(2)20-18-8-6-5-7-15(17)18/h5-10,13,17,20H,11H2,1-4H3. The summed E-state index contributed by atoms with van der Waals surface area (Å²) in [4.78, 5) is 0. The van der Waals surface area contributed by atoms with Crippen molar-refractivity contribution in [2.24, 2.45) is 0 Å². The van der Waals surface area contributed by atoms with Crippen LogP contribution in [-0.2, 0) is 0 Å². The monoisotopic (exact) mass is 281 g/mol. The molecular weight excluding hydrogens is 258 g/mol. The molecule has 110 valence electrons. The number of para-hydroxylation sites is 1. The minimum absolute atomic E-state index is 0.395. The lowest BCUT2D eigenvalue weighted by molar-refractivity contribution is 0.401. The molecule has 2 atom stereocenters. The fourth-order valence-corrected chi connectivity index (χ4v) is 3.39. The summed E-state index contributed by atoms with van der Waals surface area (Å²) in [6.07, 6.45) is 1.09. The number of aryl methyl sites for hydroxylation is 1. The van der Waals surface area contributed by atoms with Crippen molar-refractivity contribution in [3.63, 3.8) is 0 Å². The second kappa shape index (κ2) is 5.44. The van der Waals surface area contributed by atoms with Gasteiger partial charge in [0, 0.05) is 23.2 Å². The van der Waals surface area contributed by atoms with Crippen molar-refractivity contribution in [1.82, 2.24) is 0 Å². The normalized spacial score (nSPS) is 20.6. The Morgan fingerprint density at radius 2 is 1.81 bits per heavy atom. The first kappa shape index (κ1) is 14.0. The summed E-state index contributed by atoms with van der Waals surface area (Å²) in [6, 6.07) is 13.5. The van der Waals surface area contributed by atoms with Crippen LogP contribution in [0.1, 0.15) is 41.5 Å². The van der Waals surface area contributed by atoms with Gasteiger partial charge >= 0.3 is 0 Å². The third-order valence-corrected chi connectivity index (χ3v) is 4.61. The maximum absolute atomic E-state index is 5.74. The van der Waals surface area contributed by atoms with Gasteiger partial charge in [-0.3, -0.25) is 0 Å². The van der Waals surface area contributed by atoms with Gasteiger partial charge in [-0.2, -0.15) is 0 Å². The van der Waals surface area contributed by atoms with Crippen LogP contribution in [-0.4, -0.2) is 13.2 Å². The van der Waals surface area contributed by atoms with E-state index in [1.165, 1.54) is 27.9 Å². The molecule has 0 saturated carbocycles. The number of fused-ring (bicyclic) bond motifs is 1. The molecule has 0 amide bonds. The van der Waals surface area contributed by atoms with Crippen molar-refractivity contribution in [2.45, 2.75) is 39.2 Å². The van der Waals surface area contributed by atoms with Gasteiger partial charge in [0.1, 0.15) is 5.75 Å². The third kappa shape index (κ3) is 2.39. The summed E-state index contributed by atoms with van der Waals surface area (Å²) < 4.78 is 5.74. The summed E-state index contributed by atoms with van der Waals surface area (Å²) in [5, 5.41) is 3.58. The average molecular weight is 281 g/mol. The zero-order valence-corrected chi connectivity index (χ0v) is 13.2. The van der Waals surface area contributed by atoms with Crippen LogP contribution in [0, 0.1) is 13.8 Å². The van der Waals surface area contributed by atoms with E-state index in [0.717, 1.165) is 12.2 Å². The number of anilines is 1. The van der Waals surface area contributed by atoms with Gasteiger partial charge in [0.25, 0.3) is 0 Å². The average Bonchev–Trinajstić information content (AvgIpc) is 2.49. The molecule has 21 heavy (non-hydrogen) atoms. The van der Waals surface area contributed by atoms with Crippen LogP contribution in [0.2, 0.25) is 0 Å². The first-order valence-electron chi connectivity index (χ1n) is 7.61. The van der Waals surface area contributed by atoms with Crippen molar-refractivity contribution >= 4 is 5.69 Å².